The molecule has 3 aromatic rings. The summed E-state index contributed by atoms with van der Waals surface area (Å²) in [5.74, 6) is 0.916. The van der Waals surface area contributed by atoms with E-state index in [1.165, 1.54) is 10.8 Å². The van der Waals surface area contributed by atoms with Crippen LogP contribution in [0, 0.1) is 0 Å². The van der Waals surface area contributed by atoms with E-state index in [1.807, 2.05) is 18.2 Å². The highest BCUT2D eigenvalue weighted by molar-refractivity contribution is 6.04. The smallest absolute Gasteiger partial charge is 0.127 e. The summed E-state index contributed by atoms with van der Waals surface area (Å²) in [5.41, 5.74) is 3.43. The Hall–Kier alpha value is -2.68. The van der Waals surface area contributed by atoms with Crippen molar-refractivity contribution in [1.82, 2.24) is 0 Å². The Labute approximate surface area is 136 Å². The van der Waals surface area contributed by atoms with Crippen LogP contribution in [0.15, 0.2) is 60.7 Å². The Morgan fingerprint density at radius 2 is 1.48 bits per heavy atom. The molecule has 3 heteroatoms. The van der Waals surface area contributed by atoms with Gasteiger partial charge in [0.2, 0.25) is 0 Å². The third kappa shape index (κ3) is 2.48. The molecule has 3 nitrogen and oxygen atoms in total. The lowest BCUT2D eigenvalue weighted by Gasteiger charge is -2.31. The van der Waals surface area contributed by atoms with Crippen molar-refractivity contribution in [1.29, 1.82) is 0 Å². The lowest BCUT2D eigenvalue weighted by molar-refractivity contribution is 0.239. The number of hydrogen-bond acceptors (Lipinski definition) is 3. The van der Waals surface area contributed by atoms with Gasteiger partial charge in [-0.15, -0.1) is 0 Å². The highest BCUT2D eigenvalue weighted by Crippen LogP contribution is 2.40. The van der Waals surface area contributed by atoms with Gasteiger partial charge in [0.1, 0.15) is 11.9 Å². The first-order valence-corrected chi connectivity index (χ1v) is 8.03. The fourth-order valence-electron chi connectivity index (χ4n) is 3.16. The molecular weight excluding hydrogens is 284 g/mol. The molecule has 0 amide bonds. The maximum absolute atomic E-state index is 5.98. The lowest BCUT2D eigenvalue weighted by atomic mass is 10.0. The third-order valence-electron chi connectivity index (χ3n) is 4.10. The molecule has 116 valence electrons. The van der Waals surface area contributed by atoms with Crippen LogP contribution >= 0.6 is 0 Å². The molecule has 2 N–H and O–H groups in total. The van der Waals surface area contributed by atoms with E-state index in [0.29, 0.717) is 0 Å². The van der Waals surface area contributed by atoms with Gasteiger partial charge in [-0.3, -0.25) is 0 Å². The van der Waals surface area contributed by atoms with Gasteiger partial charge in [-0.25, -0.2) is 0 Å². The van der Waals surface area contributed by atoms with Crippen LogP contribution in [-0.4, -0.2) is 6.10 Å². The van der Waals surface area contributed by atoms with Crippen LogP contribution in [0.5, 0.6) is 5.75 Å². The summed E-state index contributed by atoms with van der Waals surface area (Å²) in [5, 5.41) is 9.69. The summed E-state index contributed by atoms with van der Waals surface area (Å²) in [6.07, 6.45) is 0.140. The van der Waals surface area contributed by atoms with Gasteiger partial charge < -0.3 is 15.4 Å². The van der Waals surface area contributed by atoms with Gasteiger partial charge in [-0.05, 0) is 37.4 Å². The molecule has 0 saturated heterocycles. The average Bonchev–Trinajstić information content (AvgIpc) is 2.55. The Balaban J connectivity index is 1.77. The summed E-state index contributed by atoms with van der Waals surface area (Å²) >= 11 is 0. The van der Waals surface area contributed by atoms with Crippen LogP contribution in [-0.2, 0) is 0 Å². The molecule has 0 spiro atoms. The van der Waals surface area contributed by atoms with Crippen LogP contribution in [0.1, 0.15) is 25.6 Å². The quantitative estimate of drug-likeness (QED) is 0.701. The molecule has 1 heterocycles. The molecule has 0 unspecified atom stereocenters. The monoisotopic (exact) mass is 304 g/mol. The highest BCUT2D eigenvalue weighted by atomic mass is 16.5. The lowest BCUT2D eigenvalue weighted by Crippen LogP contribution is -2.24. The third-order valence-corrected chi connectivity index (χ3v) is 4.10. The second-order valence-electron chi connectivity index (χ2n) is 6.14. The van der Waals surface area contributed by atoms with Crippen molar-refractivity contribution >= 4 is 22.1 Å². The molecule has 23 heavy (non-hydrogen) atoms. The number of para-hydroxylation sites is 1. The zero-order chi connectivity index (χ0) is 15.8. The van der Waals surface area contributed by atoms with E-state index >= 15 is 0 Å². The van der Waals surface area contributed by atoms with Gasteiger partial charge in [0.15, 0.2) is 0 Å². The molecule has 0 saturated carbocycles. The zero-order valence-corrected chi connectivity index (χ0v) is 13.3. The number of benzene rings is 3. The predicted molar refractivity (Wildman–Crippen MR) is 96.1 cm³/mol. The fourth-order valence-corrected chi connectivity index (χ4v) is 3.16. The Kier molecular flexibility index (Phi) is 3.34. The SMILES string of the molecule is CC(C)Oc1ccccc1C1Nc2cccc3cccc(c23)N1. The number of anilines is 2. The largest absolute Gasteiger partial charge is 0.491 e. The maximum atomic E-state index is 5.98. The standard InChI is InChI=1S/C20H20N2O/c1-13(2)23-18-12-4-3-9-15(18)20-21-16-10-5-7-14-8-6-11-17(22-20)19(14)16/h3-13,20-22H,1-2H3. The van der Waals surface area contributed by atoms with E-state index in [4.69, 9.17) is 4.74 Å². The van der Waals surface area contributed by atoms with Gasteiger partial charge in [0.05, 0.1) is 6.10 Å². The molecule has 0 bridgehead atoms. The van der Waals surface area contributed by atoms with Gasteiger partial charge >= 0.3 is 0 Å². The first kappa shape index (κ1) is 13.9. The minimum Gasteiger partial charge on any atom is -0.491 e. The Bertz CT molecular complexity index is 816. The summed E-state index contributed by atoms with van der Waals surface area (Å²) in [6, 6.07) is 20.9. The number of hydrogen-bond donors (Lipinski definition) is 2. The molecule has 1 aliphatic heterocycles. The summed E-state index contributed by atoms with van der Waals surface area (Å²) < 4.78 is 5.98. The van der Waals surface area contributed by atoms with Crippen LogP contribution in [0.3, 0.4) is 0 Å². The van der Waals surface area contributed by atoms with Crippen LogP contribution in [0.2, 0.25) is 0 Å². The van der Waals surface area contributed by atoms with Crippen LogP contribution < -0.4 is 15.4 Å². The van der Waals surface area contributed by atoms with E-state index in [-0.39, 0.29) is 12.3 Å². The van der Waals surface area contributed by atoms with E-state index in [0.717, 1.165) is 22.7 Å². The topological polar surface area (TPSA) is 33.3 Å². The van der Waals surface area contributed by atoms with E-state index in [2.05, 4.69) is 66.9 Å². The van der Waals surface area contributed by atoms with Crippen molar-refractivity contribution in [2.45, 2.75) is 26.1 Å². The summed E-state index contributed by atoms with van der Waals surface area (Å²) in [6.45, 7) is 4.10. The number of ether oxygens (including phenoxy) is 1. The normalized spacial score (nSPS) is 13.7. The molecule has 0 aliphatic carbocycles. The van der Waals surface area contributed by atoms with Crippen molar-refractivity contribution in [2.75, 3.05) is 10.6 Å². The van der Waals surface area contributed by atoms with Crippen molar-refractivity contribution in [2.24, 2.45) is 0 Å². The van der Waals surface area contributed by atoms with Crippen molar-refractivity contribution in [3.05, 3.63) is 66.2 Å². The molecule has 4 rings (SSSR count). The van der Waals surface area contributed by atoms with E-state index < -0.39 is 0 Å². The first-order valence-electron chi connectivity index (χ1n) is 8.03. The van der Waals surface area contributed by atoms with Gasteiger partial charge in [0, 0.05) is 22.3 Å². The predicted octanol–water partition coefficient (Wildman–Crippen LogP) is 5.16. The van der Waals surface area contributed by atoms with Crippen LogP contribution in [0.25, 0.3) is 10.8 Å². The van der Waals surface area contributed by atoms with Gasteiger partial charge in [0.25, 0.3) is 0 Å². The molecule has 0 aromatic heterocycles. The maximum Gasteiger partial charge on any atom is 0.127 e. The van der Waals surface area contributed by atoms with Crippen LogP contribution in [0.4, 0.5) is 11.4 Å². The highest BCUT2D eigenvalue weighted by Gasteiger charge is 2.22. The van der Waals surface area contributed by atoms with E-state index in [1.54, 1.807) is 0 Å². The minimum atomic E-state index is -0.00884. The van der Waals surface area contributed by atoms with Gasteiger partial charge in [-0.1, -0.05) is 42.5 Å². The van der Waals surface area contributed by atoms with Crippen molar-refractivity contribution in [3.63, 3.8) is 0 Å². The minimum absolute atomic E-state index is 0.00884. The average molecular weight is 304 g/mol. The zero-order valence-electron chi connectivity index (χ0n) is 13.3. The molecule has 1 aliphatic rings. The summed E-state index contributed by atoms with van der Waals surface area (Å²) in [4.78, 5) is 0. The van der Waals surface area contributed by atoms with Crippen molar-refractivity contribution in [3.8, 4) is 5.75 Å². The summed E-state index contributed by atoms with van der Waals surface area (Å²) in [7, 11) is 0. The number of nitrogens with one attached hydrogen (secondary N) is 2. The molecular formula is C20H20N2O. The van der Waals surface area contributed by atoms with Gasteiger partial charge in [-0.2, -0.15) is 0 Å². The second-order valence-corrected chi connectivity index (χ2v) is 6.14. The second kappa shape index (κ2) is 5.51. The number of rotatable bonds is 3. The Morgan fingerprint density at radius 1 is 0.826 bits per heavy atom. The fraction of sp³-hybridized carbons (Fsp3) is 0.200. The van der Waals surface area contributed by atoms with E-state index in [9.17, 15) is 0 Å². The first-order chi connectivity index (χ1) is 11.2. The molecule has 0 atom stereocenters. The molecule has 0 fully saturated rings. The van der Waals surface area contributed by atoms with Crippen molar-refractivity contribution < 1.29 is 4.74 Å². The molecule has 3 aromatic carbocycles. The molecule has 0 radical (unpaired) electrons. The Morgan fingerprint density at radius 3 is 2.13 bits per heavy atom.